The van der Waals surface area contributed by atoms with Crippen LogP contribution in [-0.4, -0.2) is 260 Å². The zero-order chi connectivity index (χ0) is 73.6. The Morgan fingerprint density at radius 1 is 0.505 bits per heavy atom. The van der Waals surface area contributed by atoms with Gasteiger partial charge in [-0.2, -0.15) is 11.8 Å². The van der Waals surface area contributed by atoms with Gasteiger partial charge in [0.1, 0.15) is 66.5 Å². The van der Waals surface area contributed by atoms with Crippen LogP contribution in [-0.2, 0) is 52.7 Å². The van der Waals surface area contributed by atoms with Gasteiger partial charge >= 0.3 is 0 Å². The molecule has 11 amide bonds. The van der Waals surface area contributed by atoms with Crippen LogP contribution in [0.3, 0.4) is 0 Å². The lowest BCUT2D eigenvalue weighted by Gasteiger charge is -2.41. The van der Waals surface area contributed by atoms with Crippen molar-refractivity contribution in [3.05, 3.63) is 12.2 Å². The van der Waals surface area contributed by atoms with E-state index < -0.39 is 167 Å². The number of nitrogens with one attached hydrogen (secondary N) is 4. The van der Waals surface area contributed by atoms with Gasteiger partial charge in [0.05, 0.1) is 17.8 Å². The van der Waals surface area contributed by atoms with E-state index in [1.807, 2.05) is 41.5 Å². The van der Waals surface area contributed by atoms with E-state index in [2.05, 4.69) is 21.3 Å². The topological polar surface area (TPSA) is 319 Å². The Bertz CT molecular complexity index is 2580. The Kier molecular flexibility index (Phi) is 36.8. The maximum Gasteiger partial charge on any atom is 0.246 e. The minimum Gasteiger partial charge on any atom is -0.393 e. The van der Waals surface area contributed by atoms with E-state index in [0.717, 1.165) is 9.80 Å². The first kappa shape index (κ1) is 87.2. The van der Waals surface area contributed by atoms with Crippen molar-refractivity contribution < 1.29 is 68.1 Å². The quantitative estimate of drug-likeness (QED) is 0.0594. The number of hydrogen-bond donors (Lipinski definition) is 7. The fraction of sp³-hybridized carbons (Fsp3) is 0.812. The van der Waals surface area contributed by atoms with Crippen molar-refractivity contribution in [2.75, 3.05) is 60.8 Å². The van der Waals surface area contributed by atoms with E-state index in [4.69, 9.17) is 0 Å². The number of carbonyl (C=O) groups excluding carboxylic acids is 11. The maximum atomic E-state index is 15.4. The average Bonchev–Trinajstić information content (AvgIpc) is 0.820. The molecular weight excluding hydrogens is 1240 g/mol. The summed E-state index contributed by atoms with van der Waals surface area (Å²) in [5, 5.41) is 44.8. The fourth-order valence-electron chi connectivity index (χ4n) is 11.8. The number of carbonyl (C=O) groups is 11. The molecule has 0 radical (unpaired) electrons. The zero-order valence-electron chi connectivity index (χ0n) is 62.3. The minimum absolute atomic E-state index is 0.0387. The van der Waals surface area contributed by atoms with E-state index in [1.165, 1.54) is 113 Å². The van der Waals surface area contributed by atoms with Gasteiger partial charge in [-0.15, -0.1) is 0 Å². The summed E-state index contributed by atoms with van der Waals surface area (Å²) < 4.78 is 0. The second kappa shape index (κ2) is 40.1. The number of aliphatic hydroxyl groups is 3. The summed E-state index contributed by atoms with van der Waals surface area (Å²) in [7, 11) is 9.80. The van der Waals surface area contributed by atoms with Crippen molar-refractivity contribution in [3.8, 4) is 0 Å². The molecule has 0 spiro atoms. The van der Waals surface area contributed by atoms with E-state index in [9.17, 15) is 39.3 Å². The van der Waals surface area contributed by atoms with E-state index in [0.29, 0.717) is 25.0 Å². The Morgan fingerprint density at radius 3 is 1.44 bits per heavy atom. The van der Waals surface area contributed by atoms with Crippen LogP contribution in [0.15, 0.2) is 12.2 Å². The molecule has 14 atom stereocenters. The molecule has 1 aliphatic rings. The van der Waals surface area contributed by atoms with Crippen molar-refractivity contribution in [2.24, 2.45) is 35.5 Å². The number of nitrogens with zero attached hydrogens (tertiary/aromatic N) is 7. The van der Waals surface area contributed by atoms with Crippen LogP contribution in [0.4, 0.5) is 0 Å². The van der Waals surface area contributed by atoms with Crippen LogP contribution in [0.1, 0.15) is 182 Å². The molecule has 25 nitrogen and oxygen atoms in total. The molecule has 0 aromatic carbocycles. The van der Waals surface area contributed by atoms with Gasteiger partial charge in [-0.3, -0.25) is 52.7 Å². The number of aliphatic hydroxyl groups excluding tert-OH is 2. The Hall–Kier alpha value is -5.86. The van der Waals surface area contributed by atoms with Gasteiger partial charge in [-0.25, -0.2) is 0 Å². The van der Waals surface area contributed by atoms with Crippen LogP contribution >= 0.6 is 11.8 Å². The monoisotopic (exact) mass is 1360 g/mol. The van der Waals surface area contributed by atoms with Gasteiger partial charge in [0.15, 0.2) is 0 Å². The van der Waals surface area contributed by atoms with Crippen LogP contribution < -0.4 is 21.3 Å². The number of thioether (sulfide) groups is 1. The molecule has 7 N–H and O–H groups in total. The lowest BCUT2D eigenvalue weighted by atomic mass is 9.91. The summed E-state index contributed by atoms with van der Waals surface area (Å²) in [4.78, 5) is 173. The number of hydrogen-bond acceptors (Lipinski definition) is 15. The van der Waals surface area contributed by atoms with Crippen LogP contribution in [0.25, 0.3) is 0 Å². The Morgan fingerprint density at radius 2 is 0.968 bits per heavy atom. The molecular formula is C69H125N11O14S. The maximum absolute atomic E-state index is 15.4. The molecule has 546 valence electrons. The predicted octanol–water partition coefficient (Wildman–Crippen LogP) is 4.04. The lowest BCUT2D eigenvalue weighted by molar-refractivity contribution is -0.157. The Labute approximate surface area is 573 Å². The third-order valence-corrected chi connectivity index (χ3v) is 19.0. The van der Waals surface area contributed by atoms with Crippen LogP contribution in [0, 0.1) is 35.5 Å². The van der Waals surface area contributed by atoms with Gasteiger partial charge < -0.3 is 70.9 Å². The molecule has 1 rings (SSSR count). The molecule has 0 saturated carbocycles. The highest BCUT2D eigenvalue weighted by Crippen LogP contribution is 2.27. The average molecular weight is 1360 g/mol. The number of amides is 11. The molecule has 0 bridgehead atoms. The molecule has 0 aromatic heterocycles. The van der Waals surface area contributed by atoms with Crippen molar-refractivity contribution in [1.82, 2.24) is 55.6 Å². The van der Waals surface area contributed by atoms with Gasteiger partial charge in [0.2, 0.25) is 65.0 Å². The third-order valence-electron chi connectivity index (χ3n) is 17.9. The van der Waals surface area contributed by atoms with E-state index >= 15 is 28.8 Å². The van der Waals surface area contributed by atoms with Crippen molar-refractivity contribution in [1.29, 1.82) is 0 Å². The number of allylic oxidation sites excluding steroid dienone is 2. The van der Waals surface area contributed by atoms with Crippen molar-refractivity contribution in [2.45, 2.75) is 267 Å². The van der Waals surface area contributed by atoms with E-state index in [1.54, 1.807) is 67.5 Å². The highest BCUT2D eigenvalue weighted by atomic mass is 32.2. The summed E-state index contributed by atoms with van der Waals surface area (Å²) in [6.07, 6.45) is 3.12. The summed E-state index contributed by atoms with van der Waals surface area (Å²) in [5.41, 5.74) is -1.60. The van der Waals surface area contributed by atoms with Crippen molar-refractivity contribution >= 4 is 76.7 Å². The second-order valence-electron chi connectivity index (χ2n) is 29.1. The molecule has 95 heavy (non-hydrogen) atoms. The molecule has 26 heteroatoms. The summed E-state index contributed by atoms with van der Waals surface area (Å²) in [6, 6.07) is -14.5. The zero-order valence-corrected chi connectivity index (χ0v) is 63.1. The highest BCUT2D eigenvalue weighted by Gasteiger charge is 2.47. The summed E-state index contributed by atoms with van der Waals surface area (Å²) in [6.45, 7) is 30.7. The minimum atomic E-state index is -1.67. The first-order valence-electron chi connectivity index (χ1n) is 34.2. The Balaban J connectivity index is 4.58. The first-order valence-corrected chi connectivity index (χ1v) is 35.3. The molecule has 0 aromatic rings. The largest absolute Gasteiger partial charge is 0.393 e. The normalized spacial score (nSPS) is 26.6. The second-order valence-corrected chi connectivity index (χ2v) is 30.3. The summed E-state index contributed by atoms with van der Waals surface area (Å²) in [5.74, 6) is -9.81. The molecule has 1 heterocycles. The molecule has 1 saturated heterocycles. The predicted molar refractivity (Wildman–Crippen MR) is 372 cm³/mol. The SMILES string of the molecule is C/C=C/C[C@@H](C)[C@@H](O)[C@H]1C(=O)N[C@H](CC)C(=O)N(C)[C@H](CSCCCC(C)O)C(=O)N(C)[C@@H](CC(C)(C)O)C(=O)N[C@H](C(C)C)C(=O)N(C)[C@H](CCC(C)C)C(=O)N[C@H](C)C(=O)N[C@@H](C)C(=O)N(C)[C@@H](CC(C)C)C(=O)N(C)[C@H](CC(C)C)C(=O)N(C)[C@H](C(C)C)C(=O)N1C. The molecule has 1 aliphatic heterocycles. The molecule has 0 aliphatic carbocycles. The number of rotatable bonds is 22. The van der Waals surface area contributed by atoms with E-state index in [-0.39, 0.29) is 62.0 Å². The highest BCUT2D eigenvalue weighted by molar-refractivity contribution is 7.99. The smallest absolute Gasteiger partial charge is 0.246 e. The fourth-order valence-corrected chi connectivity index (χ4v) is 12.9. The van der Waals surface area contributed by atoms with Crippen LogP contribution in [0.5, 0.6) is 0 Å². The van der Waals surface area contributed by atoms with Gasteiger partial charge in [0.25, 0.3) is 0 Å². The molecule has 1 fully saturated rings. The van der Waals surface area contributed by atoms with Gasteiger partial charge in [0, 0.05) is 61.5 Å². The standard InChI is InChI=1S/C69H125N11O14S/c1-26-28-30-44(13)57(82)56-61(86)72-48(27-2)63(88)78(23)53(38-95-34-29-31-45(14)81)66(91)77(22)52(37-69(17,18)94)60(85)73-54(42(9)10)67(92)74(19)49(33-32-39(3)4)59(84)70-46(15)58(83)71-47(16)62(87)75(20)50(35-40(5)6)64(89)76(21)51(36-41(7)8)65(90)79(24)55(43(11)12)68(93)80(56)25/h26,28,39-57,81-82,94H,27,29-38H2,1-25H3,(H,70,84)(H,71,83)(H,72,86)(H,73,85)/b28-26+/t44-,45?,46-,47+,48-,49-,50+,51-,52+,53-,54-,55-,56+,57-/m1/s1. The third kappa shape index (κ3) is 26.2. The van der Waals surface area contributed by atoms with Gasteiger partial charge in [-0.1, -0.05) is 95.2 Å². The van der Waals surface area contributed by atoms with Crippen LogP contribution in [0.2, 0.25) is 0 Å². The van der Waals surface area contributed by atoms with Gasteiger partial charge in [-0.05, 0) is 134 Å². The number of likely N-dealkylation sites (N-methyl/N-ethyl adjacent to an activating group) is 7. The summed E-state index contributed by atoms with van der Waals surface area (Å²) >= 11 is 1.31. The molecule has 1 unspecified atom stereocenters. The lowest BCUT2D eigenvalue weighted by Crippen LogP contribution is -2.64. The first-order chi connectivity index (χ1) is 43.8. The van der Waals surface area contributed by atoms with Crippen molar-refractivity contribution in [3.63, 3.8) is 0 Å².